The molecule has 0 radical (unpaired) electrons. The van der Waals surface area contributed by atoms with Crippen molar-refractivity contribution in [2.24, 2.45) is 0 Å². The summed E-state index contributed by atoms with van der Waals surface area (Å²) in [5, 5.41) is 8.36. The van der Waals surface area contributed by atoms with E-state index in [9.17, 15) is 0 Å². The highest BCUT2D eigenvalue weighted by atomic mass is 79.9. The number of benzene rings is 1. The van der Waals surface area contributed by atoms with Crippen LogP contribution in [0.25, 0.3) is 0 Å². The maximum Gasteiger partial charge on any atom is 0.0539 e. The minimum atomic E-state index is 0.724. The van der Waals surface area contributed by atoms with Crippen LogP contribution in [0.2, 0.25) is 5.02 Å². The number of aromatic nitrogens is 2. The zero-order valence-electron chi connectivity index (χ0n) is 10.2. The van der Waals surface area contributed by atoms with Gasteiger partial charge >= 0.3 is 0 Å². The third-order valence-electron chi connectivity index (χ3n) is 2.55. The second-order valence-electron chi connectivity index (χ2n) is 4.09. The van der Waals surface area contributed by atoms with Crippen molar-refractivity contribution >= 4 is 33.2 Å². The third-order valence-corrected chi connectivity index (χ3v) is 3.48. The van der Waals surface area contributed by atoms with Crippen LogP contribution in [0.1, 0.15) is 18.9 Å². The second-order valence-corrected chi connectivity index (χ2v) is 5.38. The van der Waals surface area contributed by atoms with Crippen molar-refractivity contribution in [2.45, 2.75) is 26.4 Å². The molecule has 0 aliphatic carbocycles. The van der Waals surface area contributed by atoms with Crippen LogP contribution < -0.4 is 5.32 Å². The zero-order chi connectivity index (χ0) is 13.0. The van der Waals surface area contributed by atoms with Crippen molar-refractivity contribution in [1.29, 1.82) is 0 Å². The van der Waals surface area contributed by atoms with Gasteiger partial charge in [-0.05, 0) is 40.5 Å². The summed E-state index contributed by atoms with van der Waals surface area (Å²) in [5.41, 5.74) is 2.15. The van der Waals surface area contributed by atoms with Gasteiger partial charge in [-0.1, -0.05) is 18.5 Å². The average Bonchev–Trinajstić information content (AvgIpc) is 2.79. The van der Waals surface area contributed by atoms with E-state index in [1.165, 1.54) is 0 Å². The monoisotopic (exact) mass is 327 g/mol. The van der Waals surface area contributed by atoms with Gasteiger partial charge in [0.15, 0.2) is 0 Å². The number of hydrogen-bond acceptors (Lipinski definition) is 2. The normalized spacial score (nSPS) is 10.6. The Kier molecular flexibility index (Phi) is 4.66. The Bertz CT molecular complexity index is 525. The largest absolute Gasteiger partial charge is 0.380 e. The molecule has 0 amide bonds. The quantitative estimate of drug-likeness (QED) is 0.886. The van der Waals surface area contributed by atoms with Crippen LogP contribution in [0.15, 0.2) is 35.1 Å². The van der Waals surface area contributed by atoms with Gasteiger partial charge in [-0.2, -0.15) is 5.10 Å². The number of nitrogens with zero attached hydrogens (tertiary/aromatic N) is 2. The minimum Gasteiger partial charge on any atom is -0.380 e. The first kappa shape index (κ1) is 13.4. The average molecular weight is 329 g/mol. The lowest BCUT2D eigenvalue weighted by Crippen LogP contribution is -1.99. The van der Waals surface area contributed by atoms with E-state index in [1.807, 2.05) is 29.1 Å². The summed E-state index contributed by atoms with van der Waals surface area (Å²) in [7, 11) is 0. The van der Waals surface area contributed by atoms with Crippen LogP contribution in [0.4, 0.5) is 5.69 Å². The molecule has 1 aromatic carbocycles. The van der Waals surface area contributed by atoms with E-state index in [-0.39, 0.29) is 0 Å². The van der Waals surface area contributed by atoms with Gasteiger partial charge < -0.3 is 5.32 Å². The first-order valence-corrected chi connectivity index (χ1v) is 7.06. The Morgan fingerprint density at radius 1 is 1.44 bits per heavy atom. The van der Waals surface area contributed by atoms with Crippen molar-refractivity contribution in [3.63, 3.8) is 0 Å². The van der Waals surface area contributed by atoms with E-state index in [1.54, 1.807) is 0 Å². The highest BCUT2D eigenvalue weighted by molar-refractivity contribution is 9.10. The lowest BCUT2D eigenvalue weighted by atomic mass is 10.3. The predicted molar refractivity (Wildman–Crippen MR) is 79.0 cm³/mol. The molecule has 1 N–H and O–H groups in total. The summed E-state index contributed by atoms with van der Waals surface area (Å²) in [6.45, 7) is 3.84. The van der Waals surface area contributed by atoms with E-state index in [0.29, 0.717) is 0 Å². The summed E-state index contributed by atoms with van der Waals surface area (Å²) >= 11 is 9.46. The molecule has 0 atom stereocenters. The molecule has 0 aliphatic rings. The molecule has 0 fully saturated rings. The topological polar surface area (TPSA) is 29.9 Å². The fourth-order valence-electron chi connectivity index (χ4n) is 1.68. The van der Waals surface area contributed by atoms with Gasteiger partial charge in [0, 0.05) is 34.3 Å². The first-order chi connectivity index (χ1) is 8.69. The Balaban J connectivity index is 1.99. The Labute approximate surface area is 120 Å². The van der Waals surface area contributed by atoms with Crippen molar-refractivity contribution in [3.05, 3.63) is 45.7 Å². The fourth-order valence-corrected chi connectivity index (χ4v) is 2.24. The molecule has 2 rings (SSSR count). The summed E-state index contributed by atoms with van der Waals surface area (Å²) in [6, 6.07) is 5.70. The van der Waals surface area contributed by atoms with Gasteiger partial charge in [0.25, 0.3) is 0 Å². The van der Waals surface area contributed by atoms with Crippen LogP contribution in [-0.4, -0.2) is 9.78 Å². The van der Waals surface area contributed by atoms with Crippen molar-refractivity contribution in [3.8, 4) is 0 Å². The fraction of sp³-hybridized carbons (Fsp3) is 0.308. The van der Waals surface area contributed by atoms with Crippen LogP contribution in [-0.2, 0) is 13.1 Å². The summed E-state index contributed by atoms with van der Waals surface area (Å²) in [6.07, 6.45) is 5.05. The molecule has 0 saturated carbocycles. The smallest absolute Gasteiger partial charge is 0.0539 e. The molecular formula is C13H15BrClN3. The van der Waals surface area contributed by atoms with E-state index in [0.717, 1.165) is 40.3 Å². The lowest BCUT2D eigenvalue weighted by molar-refractivity contribution is 0.602. The van der Waals surface area contributed by atoms with Gasteiger partial charge in [0.05, 0.1) is 11.9 Å². The minimum absolute atomic E-state index is 0.724. The van der Waals surface area contributed by atoms with E-state index in [4.69, 9.17) is 11.6 Å². The molecule has 0 spiro atoms. The van der Waals surface area contributed by atoms with Crippen LogP contribution in [0.5, 0.6) is 0 Å². The number of hydrogen-bond donors (Lipinski definition) is 1. The van der Waals surface area contributed by atoms with Gasteiger partial charge in [-0.3, -0.25) is 4.68 Å². The Morgan fingerprint density at radius 3 is 3.06 bits per heavy atom. The van der Waals surface area contributed by atoms with E-state index >= 15 is 0 Å². The highest BCUT2D eigenvalue weighted by Crippen LogP contribution is 2.26. The third kappa shape index (κ3) is 3.50. The van der Waals surface area contributed by atoms with Crippen molar-refractivity contribution in [2.75, 3.05) is 5.32 Å². The van der Waals surface area contributed by atoms with Gasteiger partial charge in [-0.25, -0.2) is 0 Å². The number of halogens is 2. The number of aryl methyl sites for hydroxylation is 1. The number of nitrogens with one attached hydrogen (secondary N) is 1. The molecule has 96 valence electrons. The molecule has 1 aromatic heterocycles. The molecule has 2 aromatic rings. The second kappa shape index (κ2) is 6.25. The molecule has 5 heteroatoms. The molecule has 0 aliphatic heterocycles. The molecule has 1 heterocycles. The van der Waals surface area contributed by atoms with Gasteiger partial charge in [0.2, 0.25) is 0 Å². The molecule has 0 unspecified atom stereocenters. The number of rotatable bonds is 5. The van der Waals surface area contributed by atoms with Crippen LogP contribution in [0, 0.1) is 0 Å². The van der Waals surface area contributed by atoms with E-state index in [2.05, 4.69) is 39.5 Å². The highest BCUT2D eigenvalue weighted by Gasteiger charge is 2.02. The number of anilines is 1. The lowest BCUT2D eigenvalue weighted by Gasteiger charge is -2.07. The molecule has 3 nitrogen and oxygen atoms in total. The summed E-state index contributed by atoms with van der Waals surface area (Å²) in [5.74, 6) is 0. The maximum absolute atomic E-state index is 5.97. The maximum atomic E-state index is 5.97. The SMILES string of the molecule is CCCn1cc(CNc2cc(Cl)ccc2Br)cn1. The predicted octanol–water partition coefficient (Wildman–Crippen LogP) is 4.32. The Hall–Kier alpha value is -1.00. The molecular weight excluding hydrogens is 314 g/mol. The zero-order valence-corrected chi connectivity index (χ0v) is 12.5. The Morgan fingerprint density at radius 2 is 2.28 bits per heavy atom. The van der Waals surface area contributed by atoms with Crippen LogP contribution in [0.3, 0.4) is 0 Å². The van der Waals surface area contributed by atoms with Crippen molar-refractivity contribution in [1.82, 2.24) is 9.78 Å². The first-order valence-electron chi connectivity index (χ1n) is 5.89. The van der Waals surface area contributed by atoms with Crippen LogP contribution >= 0.6 is 27.5 Å². The van der Waals surface area contributed by atoms with E-state index < -0.39 is 0 Å². The van der Waals surface area contributed by atoms with Crippen molar-refractivity contribution < 1.29 is 0 Å². The van der Waals surface area contributed by atoms with Gasteiger partial charge in [-0.15, -0.1) is 0 Å². The standard InChI is InChI=1S/C13H15BrClN3/c1-2-5-18-9-10(8-17-18)7-16-13-6-11(15)3-4-12(13)14/h3-4,6,8-9,16H,2,5,7H2,1H3. The summed E-state index contributed by atoms with van der Waals surface area (Å²) < 4.78 is 2.97. The van der Waals surface area contributed by atoms with Gasteiger partial charge in [0.1, 0.15) is 0 Å². The molecule has 0 bridgehead atoms. The molecule has 0 saturated heterocycles. The molecule has 18 heavy (non-hydrogen) atoms. The summed E-state index contributed by atoms with van der Waals surface area (Å²) in [4.78, 5) is 0.